The zero-order valence-corrected chi connectivity index (χ0v) is 11.8. The van der Waals surface area contributed by atoms with Crippen molar-refractivity contribution >= 4 is 11.6 Å². The van der Waals surface area contributed by atoms with Crippen molar-refractivity contribution in [3.8, 4) is 0 Å². The lowest BCUT2D eigenvalue weighted by Crippen LogP contribution is -2.43. The summed E-state index contributed by atoms with van der Waals surface area (Å²) in [5.74, 6) is 0.216. The van der Waals surface area contributed by atoms with E-state index in [-0.39, 0.29) is 12.0 Å². The number of nitrogens with one attached hydrogen (secondary N) is 1. The molecular formula is C14H22ClNO. The highest BCUT2D eigenvalue weighted by Crippen LogP contribution is 2.23. The molecule has 0 fully saturated rings. The van der Waals surface area contributed by atoms with E-state index in [2.05, 4.69) is 12.2 Å². The van der Waals surface area contributed by atoms with E-state index in [1.54, 1.807) is 0 Å². The quantitative estimate of drug-likeness (QED) is 0.845. The van der Waals surface area contributed by atoms with Gasteiger partial charge in [0.05, 0.1) is 5.60 Å². The fourth-order valence-electron chi connectivity index (χ4n) is 1.50. The van der Waals surface area contributed by atoms with Crippen LogP contribution in [0, 0.1) is 5.92 Å². The lowest BCUT2D eigenvalue weighted by molar-refractivity contribution is 0.0122. The van der Waals surface area contributed by atoms with Crippen LogP contribution in [0.2, 0.25) is 5.02 Å². The van der Waals surface area contributed by atoms with Gasteiger partial charge in [-0.25, -0.2) is 0 Å². The first-order valence-corrected chi connectivity index (χ1v) is 6.42. The molecule has 0 bridgehead atoms. The molecule has 0 aliphatic carbocycles. The molecule has 2 N–H and O–H groups in total. The molecule has 1 aromatic rings. The van der Waals surface area contributed by atoms with Crippen LogP contribution < -0.4 is 5.32 Å². The summed E-state index contributed by atoms with van der Waals surface area (Å²) in [6.45, 7) is 8.49. The molecule has 1 unspecified atom stereocenters. The zero-order chi connectivity index (χ0) is 13.1. The maximum Gasteiger partial charge on any atom is 0.0766 e. The van der Waals surface area contributed by atoms with Crippen LogP contribution in [-0.2, 0) is 0 Å². The maximum atomic E-state index is 10.2. The average molecular weight is 256 g/mol. The van der Waals surface area contributed by atoms with E-state index in [9.17, 15) is 5.11 Å². The molecule has 0 saturated heterocycles. The summed E-state index contributed by atoms with van der Waals surface area (Å²) in [4.78, 5) is 0. The number of halogens is 1. The maximum absolute atomic E-state index is 10.2. The summed E-state index contributed by atoms with van der Waals surface area (Å²) in [5, 5.41) is 14.2. The Hall–Kier alpha value is -0.570. The van der Waals surface area contributed by atoms with Gasteiger partial charge in [0.2, 0.25) is 0 Å². The average Bonchev–Trinajstić information content (AvgIpc) is 2.26. The van der Waals surface area contributed by atoms with Crippen molar-refractivity contribution in [2.24, 2.45) is 5.92 Å². The van der Waals surface area contributed by atoms with E-state index in [0.717, 1.165) is 10.6 Å². The van der Waals surface area contributed by atoms with Gasteiger partial charge in [-0.3, -0.25) is 0 Å². The lowest BCUT2D eigenvalue weighted by Gasteiger charge is -2.30. The molecule has 2 atom stereocenters. The van der Waals surface area contributed by atoms with Crippen molar-refractivity contribution < 1.29 is 5.11 Å². The van der Waals surface area contributed by atoms with Gasteiger partial charge >= 0.3 is 0 Å². The summed E-state index contributed by atoms with van der Waals surface area (Å²) >= 11 is 6.13. The minimum Gasteiger partial charge on any atom is -0.389 e. The van der Waals surface area contributed by atoms with Crippen LogP contribution in [-0.4, -0.2) is 17.3 Å². The number of hydrogen-bond acceptors (Lipinski definition) is 2. The van der Waals surface area contributed by atoms with Crippen molar-refractivity contribution in [3.63, 3.8) is 0 Å². The molecule has 3 heteroatoms. The van der Waals surface area contributed by atoms with Gasteiger partial charge in [-0.05, 0) is 31.4 Å². The van der Waals surface area contributed by atoms with Gasteiger partial charge in [0, 0.05) is 17.6 Å². The first-order chi connectivity index (χ1) is 7.84. The second kappa shape index (κ2) is 5.85. The SMILES string of the molecule is CC(C)C(C)(O)CN[C@H](C)c1ccccc1Cl. The molecule has 96 valence electrons. The predicted molar refractivity (Wildman–Crippen MR) is 73.3 cm³/mol. The van der Waals surface area contributed by atoms with E-state index < -0.39 is 5.60 Å². The van der Waals surface area contributed by atoms with Crippen molar-refractivity contribution in [1.82, 2.24) is 5.32 Å². The fourth-order valence-corrected chi connectivity index (χ4v) is 1.80. The van der Waals surface area contributed by atoms with Gasteiger partial charge in [0.25, 0.3) is 0 Å². The van der Waals surface area contributed by atoms with Gasteiger partial charge in [-0.1, -0.05) is 43.6 Å². The predicted octanol–water partition coefficient (Wildman–Crippen LogP) is 3.40. The van der Waals surface area contributed by atoms with Crippen LogP contribution in [0.4, 0.5) is 0 Å². The molecule has 1 rings (SSSR count). The monoisotopic (exact) mass is 255 g/mol. The Morgan fingerprint density at radius 3 is 2.41 bits per heavy atom. The van der Waals surface area contributed by atoms with E-state index in [0.29, 0.717) is 6.54 Å². The highest BCUT2D eigenvalue weighted by molar-refractivity contribution is 6.31. The highest BCUT2D eigenvalue weighted by Gasteiger charge is 2.25. The minimum atomic E-state index is -0.699. The van der Waals surface area contributed by atoms with Crippen molar-refractivity contribution in [1.29, 1.82) is 0 Å². The van der Waals surface area contributed by atoms with Crippen LogP contribution >= 0.6 is 11.6 Å². The molecule has 0 aromatic heterocycles. The van der Waals surface area contributed by atoms with Gasteiger partial charge in [0.15, 0.2) is 0 Å². The van der Waals surface area contributed by atoms with Gasteiger partial charge in [-0.2, -0.15) is 0 Å². The number of rotatable bonds is 5. The molecule has 0 aliphatic rings. The smallest absolute Gasteiger partial charge is 0.0766 e. The first kappa shape index (κ1) is 14.5. The molecule has 0 aliphatic heterocycles. The zero-order valence-electron chi connectivity index (χ0n) is 11.0. The Labute approximate surface area is 109 Å². The molecule has 17 heavy (non-hydrogen) atoms. The molecule has 0 saturated carbocycles. The van der Waals surface area contributed by atoms with E-state index in [1.807, 2.05) is 45.0 Å². The van der Waals surface area contributed by atoms with E-state index in [4.69, 9.17) is 11.6 Å². The third kappa shape index (κ3) is 3.98. The normalized spacial score (nSPS) is 16.9. The van der Waals surface area contributed by atoms with Crippen LogP contribution in [0.5, 0.6) is 0 Å². The van der Waals surface area contributed by atoms with Crippen LogP contribution in [0.3, 0.4) is 0 Å². The van der Waals surface area contributed by atoms with E-state index >= 15 is 0 Å². The second-order valence-electron chi connectivity index (χ2n) is 5.14. The summed E-state index contributed by atoms with van der Waals surface area (Å²) in [7, 11) is 0. The van der Waals surface area contributed by atoms with Crippen molar-refractivity contribution in [3.05, 3.63) is 34.9 Å². The Kier molecular flexibility index (Phi) is 4.99. The molecular weight excluding hydrogens is 234 g/mol. The molecule has 0 radical (unpaired) electrons. The van der Waals surface area contributed by atoms with Crippen LogP contribution in [0.1, 0.15) is 39.3 Å². The summed E-state index contributed by atoms with van der Waals surface area (Å²) in [6, 6.07) is 7.91. The van der Waals surface area contributed by atoms with Crippen molar-refractivity contribution in [2.45, 2.75) is 39.3 Å². The topological polar surface area (TPSA) is 32.3 Å². The summed E-state index contributed by atoms with van der Waals surface area (Å²) < 4.78 is 0. The Morgan fingerprint density at radius 2 is 1.88 bits per heavy atom. The Morgan fingerprint density at radius 1 is 1.29 bits per heavy atom. The van der Waals surface area contributed by atoms with Gasteiger partial charge in [-0.15, -0.1) is 0 Å². The fraction of sp³-hybridized carbons (Fsp3) is 0.571. The number of hydrogen-bond donors (Lipinski definition) is 2. The van der Waals surface area contributed by atoms with Crippen LogP contribution in [0.15, 0.2) is 24.3 Å². The largest absolute Gasteiger partial charge is 0.389 e. The number of aliphatic hydroxyl groups is 1. The Balaban J connectivity index is 2.62. The third-order valence-electron chi connectivity index (χ3n) is 3.38. The standard InChI is InChI=1S/C14H22ClNO/c1-10(2)14(4,17)9-16-11(3)12-7-5-6-8-13(12)15/h5-8,10-11,16-17H,9H2,1-4H3/t11-,14?/m1/s1. The molecule has 0 heterocycles. The second-order valence-corrected chi connectivity index (χ2v) is 5.54. The van der Waals surface area contributed by atoms with Gasteiger partial charge < -0.3 is 10.4 Å². The highest BCUT2D eigenvalue weighted by atomic mass is 35.5. The first-order valence-electron chi connectivity index (χ1n) is 6.05. The molecule has 0 spiro atoms. The number of benzene rings is 1. The molecule has 1 aromatic carbocycles. The molecule has 0 amide bonds. The van der Waals surface area contributed by atoms with Gasteiger partial charge in [0.1, 0.15) is 0 Å². The van der Waals surface area contributed by atoms with Crippen molar-refractivity contribution in [2.75, 3.05) is 6.54 Å². The van der Waals surface area contributed by atoms with E-state index in [1.165, 1.54) is 0 Å². The molecule has 2 nitrogen and oxygen atoms in total. The lowest BCUT2D eigenvalue weighted by atomic mass is 9.92. The third-order valence-corrected chi connectivity index (χ3v) is 3.73. The summed E-state index contributed by atoms with van der Waals surface area (Å²) in [6.07, 6.45) is 0. The summed E-state index contributed by atoms with van der Waals surface area (Å²) in [5.41, 5.74) is 0.365. The Bertz CT molecular complexity index is 363. The van der Waals surface area contributed by atoms with Crippen LogP contribution in [0.25, 0.3) is 0 Å². The minimum absolute atomic E-state index is 0.133.